The first kappa shape index (κ1) is 19.2. The first-order valence-corrected chi connectivity index (χ1v) is 9.32. The molecule has 3 rings (SSSR count). The number of anilines is 1. The topological polar surface area (TPSA) is 83.4 Å². The van der Waals surface area contributed by atoms with Gasteiger partial charge in [0.15, 0.2) is 0 Å². The molecule has 144 valence electrons. The highest BCUT2D eigenvalue weighted by Crippen LogP contribution is 2.20. The quantitative estimate of drug-likeness (QED) is 0.800. The van der Waals surface area contributed by atoms with Crippen LogP contribution in [0.1, 0.15) is 13.3 Å². The van der Waals surface area contributed by atoms with Crippen molar-refractivity contribution in [1.29, 1.82) is 0 Å². The van der Waals surface area contributed by atoms with Gasteiger partial charge in [0.05, 0.1) is 6.54 Å². The maximum Gasteiger partial charge on any atom is 0.244 e. The van der Waals surface area contributed by atoms with Crippen molar-refractivity contribution >= 4 is 29.1 Å². The Bertz CT molecular complexity index is 774. The van der Waals surface area contributed by atoms with Crippen molar-refractivity contribution in [2.75, 3.05) is 31.1 Å². The Labute approximate surface area is 163 Å². The summed E-state index contributed by atoms with van der Waals surface area (Å²) >= 11 is 6.05. The normalized spacial score (nSPS) is 15.5. The molecule has 8 nitrogen and oxygen atoms in total. The minimum atomic E-state index is -0.550. The molecule has 0 bridgehead atoms. The second kappa shape index (κ2) is 8.85. The molecule has 1 saturated heterocycles. The summed E-state index contributed by atoms with van der Waals surface area (Å²) in [5.41, 5.74) is 1.06. The average molecular weight is 391 g/mol. The third-order valence-electron chi connectivity index (χ3n) is 4.55. The van der Waals surface area contributed by atoms with Crippen LogP contribution in [0, 0.1) is 0 Å². The van der Waals surface area contributed by atoms with Crippen molar-refractivity contribution in [3.8, 4) is 0 Å². The van der Waals surface area contributed by atoms with Crippen molar-refractivity contribution in [1.82, 2.24) is 25.0 Å². The predicted molar refractivity (Wildman–Crippen MR) is 102 cm³/mol. The van der Waals surface area contributed by atoms with Gasteiger partial charge in [-0.25, -0.2) is 4.98 Å². The first-order valence-electron chi connectivity index (χ1n) is 8.94. The van der Waals surface area contributed by atoms with Gasteiger partial charge in [-0.05, 0) is 25.1 Å². The van der Waals surface area contributed by atoms with Crippen LogP contribution in [0.15, 0.2) is 36.9 Å². The average Bonchev–Trinajstić information content (AvgIpc) is 3.19. The fourth-order valence-electron chi connectivity index (χ4n) is 3.07. The highest BCUT2D eigenvalue weighted by atomic mass is 35.5. The fourth-order valence-corrected chi connectivity index (χ4v) is 3.26. The number of aryl methyl sites for hydroxylation is 1. The van der Waals surface area contributed by atoms with Crippen molar-refractivity contribution in [2.24, 2.45) is 0 Å². The van der Waals surface area contributed by atoms with Gasteiger partial charge in [0, 0.05) is 43.3 Å². The van der Waals surface area contributed by atoms with Crippen LogP contribution in [0.5, 0.6) is 0 Å². The zero-order valence-electron chi connectivity index (χ0n) is 15.2. The minimum Gasteiger partial charge on any atom is -0.368 e. The largest absolute Gasteiger partial charge is 0.368 e. The Morgan fingerprint density at radius 1 is 1.26 bits per heavy atom. The highest BCUT2D eigenvalue weighted by Gasteiger charge is 2.26. The standard InChI is InChI=1S/C18H23ClN6O2/c1-14(22-17(26)5-6-25-13-20-12-21-25)18(27)24-9-7-23(8-10-24)16-4-2-3-15(19)11-16/h2-4,11-14H,5-10H2,1H3,(H,22,26)/t14-/m0/s1. The van der Waals surface area contributed by atoms with E-state index in [1.54, 1.807) is 22.8 Å². The van der Waals surface area contributed by atoms with Crippen LogP contribution in [-0.4, -0.2) is 63.7 Å². The monoisotopic (exact) mass is 390 g/mol. The molecule has 1 aromatic heterocycles. The number of hydrogen-bond acceptors (Lipinski definition) is 5. The number of piperazine rings is 1. The van der Waals surface area contributed by atoms with Gasteiger partial charge in [-0.15, -0.1) is 0 Å². The van der Waals surface area contributed by atoms with Crippen LogP contribution in [-0.2, 0) is 16.1 Å². The summed E-state index contributed by atoms with van der Waals surface area (Å²) in [5, 5.41) is 7.42. The number of hydrogen-bond donors (Lipinski definition) is 1. The highest BCUT2D eigenvalue weighted by molar-refractivity contribution is 6.30. The van der Waals surface area contributed by atoms with E-state index < -0.39 is 6.04 Å². The number of carbonyl (C=O) groups excluding carboxylic acids is 2. The van der Waals surface area contributed by atoms with E-state index in [1.165, 1.54) is 6.33 Å². The maximum absolute atomic E-state index is 12.6. The van der Waals surface area contributed by atoms with Gasteiger partial charge in [-0.3, -0.25) is 14.3 Å². The lowest BCUT2D eigenvalue weighted by Crippen LogP contribution is -2.54. The Balaban J connectivity index is 1.44. The molecule has 9 heteroatoms. The number of amides is 2. The van der Waals surface area contributed by atoms with Crippen molar-refractivity contribution in [3.05, 3.63) is 41.9 Å². The lowest BCUT2D eigenvalue weighted by molar-refractivity contribution is -0.136. The van der Waals surface area contributed by atoms with Gasteiger partial charge in [0.25, 0.3) is 0 Å². The van der Waals surface area contributed by atoms with Gasteiger partial charge in [-0.2, -0.15) is 5.10 Å². The van der Waals surface area contributed by atoms with E-state index in [0.29, 0.717) is 24.7 Å². The minimum absolute atomic E-state index is 0.0603. The summed E-state index contributed by atoms with van der Waals surface area (Å²) in [6, 6.07) is 7.16. The first-order chi connectivity index (χ1) is 13.0. The molecule has 0 saturated carbocycles. The molecule has 1 aliphatic rings. The molecule has 1 N–H and O–H groups in total. The second-order valence-corrected chi connectivity index (χ2v) is 6.93. The Kier molecular flexibility index (Phi) is 6.28. The maximum atomic E-state index is 12.6. The van der Waals surface area contributed by atoms with Crippen molar-refractivity contribution in [2.45, 2.75) is 25.9 Å². The SMILES string of the molecule is C[C@H](NC(=O)CCn1cncn1)C(=O)N1CCN(c2cccc(Cl)c2)CC1. The molecule has 0 spiro atoms. The Morgan fingerprint density at radius 3 is 2.70 bits per heavy atom. The van der Waals surface area contributed by atoms with Crippen LogP contribution in [0.3, 0.4) is 0 Å². The summed E-state index contributed by atoms with van der Waals surface area (Å²) in [5.74, 6) is -0.237. The van der Waals surface area contributed by atoms with Crippen LogP contribution < -0.4 is 10.2 Å². The lowest BCUT2D eigenvalue weighted by atomic mass is 10.2. The van der Waals surface area contributed by atoms with Crippen LogP contribution in [0.2, 0.25) is 5.02 Å². The van der Waals surface area contributed by atoms with E-state index in [4.69, 9.17) is 11.6 Å². The van der Waals surface area contributed by atoms with E-state index in [0.717, 1.165) is 18.8 Å². The van der Waals surface area contributed by atoms with Gasteiger partial charge < -0.3 is 15.1 Å². The molecule has 2 aromatic rings. The molecule has 0 aliphatic carbocycles. The van der Waals surface area contributed by atoms with Gasteiger partial charge in [0.2, 0.25) is 11.8 Å². The third kappa shape index (κ3) is 5.19. The molecule has 1 fully saturated rings. The summed E-state index contributed by atoms with van der Waals surface area (Å²) in [6.07, 6.45) is 3.23. The molecule has 2 heterocycles. The summed E-state index contributed by atoms with van der Waals surface area (Å²) in [7, 11) is 0. The number of carbonyl (C=O) groups is 2. The van der Waals surface area contributed by atoms with Gasteiger partial charge in [0.1, 0.15) is 18.7 Å². The van der Waals surface area contributed by atoms with E-state index in [-0.39, 0.29) is 18.2 Å². The molecule has 27 heavy (non-hydrogen) atoms. The van der Waals surface area contributed by atoms with Gasteiger partial charge >= 0.3 is 0 Å². The number of nitrogens with zero attached hydrogens (tertiary/aromatic N) is 5. The van der Waals surface area contributed by atoms with Crippen molar-refractivity contribution < 1.29 is 9.59 Å². The third-order valence-corrected chi connectivity index (χ3v) is 4.78. The molecule has 0 unspecified atom stereocenters. The predicted octanol–water partition coefficient (Wildman–Crippen LogP) is 1.18. The fraction of sp³-hybridized carbons (Fsp3) is 0.444. The second-order valence-electron chi connectivity index (χ2n) is 6.49. The molecule has 1 aliphatic heterocycles. The summed E-state index contributed by atoms with van der Waals surface area (Å²) < 4.78 is 1.58. The molecule has 2 amide bonds. The smallest absolute Gasteiger partial charge is 0.244 e. The molecular weight excluding hydrogens is 368 g/mol. The number of benzene rings is 1. The number of rotatable bonds is 6. The summed E-state index contributed by atoms with van der Waals surface area (Å²) in [6.45, 7) is 4.86. The molecule has 0 radical (unpaired) electrons. The molecule has 1 atom stereocenters. The lowest BCUT2D eigenvalue weighted by Gasteiger charge is -2.37. The van der Waals surface area contributed by atoms with Gasteiger partial charge in [-0.1, -0.05) is 17.7 Å². The number of halogens is 1. The van der Waals surface area contributed by atoms with E-state index in [9.17, 15) is 9.59 Å². The molecular formula is C18H23ClN6O2. The number of aromatic nitrogens is 3. The Morgan fingerprint density at radius 2 is 2.04 bits per heavy atom. The number of nitrogens with one attached hydrogen (secondary N) is 1. The van der Waals surface area contributed by atoms with Crippen LogP contribution in [0.25, 0.3) is 0 Å². The molecule has 1 aromatic carbocycles. The van der Waals surface area contributed by atoms with E-state index in [2.05, 4.69) is 20.3 Å². The van der Waals surface area contributed by atoms with E-state index in [1.807, 2.05) is 24.3 Å². The summed E-state index contributed by atoms with van der Waals surface area (Å²) in [4.78, 5) is 32.5. The zero-order chi connectivity index (χ0) is 19.2. The van der Waals surface area contributed by atoms with Crippen LogP contribution >= 0.6 is 11.6 Å². The van der Waals surface area contributed by atoms with E-state index >= 15 is 0 Å². The zero-order valence-corrected chi connectivity index (χ0v) is 16.0. The Hall–Kier alpha value is -2.61. The van der Waals surface area contributed by atoms with Crippen LogP contribution in [0.4, 0.5) is 5.69 Å². The van der Waals surface area contributed by atoms with Crippen molar-refractivity contribution in [3.63, 3.8) is 0 Å².